The van der Waals surface area contributed by atoms with Gasteiger partial charge in [-0.1, -0.05) is 41.9 Å². The van der Waals surface area contributed by atoms with E-state index in [1.807, 2.05) is 18.3 Å². The van der Waals surface area contributed by atoms with Gasteiger partial charge in [-0.05, 0) is 30.0 Å². The number of hydrogen-bond donors (Lipinski definition) is 0. The zero-order valence-corrected chi connectivity index (χ0v) is 14.4. The Balaban J connectivity index is 2.11. The van der Waals surface area contributed by atoms with Crippen LogP contribution in [-0.4, -0.2) is 15.8 Å². The van der Waals surface area contributed by atoms with E-state index in [2.05, 4.69) is 54.3 Å². The van der Waals surface area contributed by atoms with Gasteiger partial charge in [0.05, 0.1) is 5.52 Å². The van der Waals surface area contributed by atoms with E-state index in [1.54, 1.807) is 11.8 Å². The van der Waals surface area contributed by atoms with Crippen molar-refractivity contribution in [2.24, 2.45) is 7.05 Å². The molecule has 0 atom stereocenters. The number of fused-ring (bicyclic) bond motifs is 3. The van der Waals surface area contributed by atoms with Crippen molar-refractivity contribution in [1.29, 1.82) is 0 Å². The average molecular weight is 339 g/mol. The van der Waals surface area contributed by atoms with Crippen LogP contribution in [0.1, 0.15) is 0 Å². The molecule has 2 aromatic heterocycles. The van der Waals surface area contributed by atoms with Crippen molar-refractivity contribution in [3.63, 3.8) is 0 Å². The second-order valence-corrected chi connectivity index (χ2v) is 6.74. The van der Waals surface area contributed by atoms with Crippen molar-refractivity contribution in [1.82, 2.24) is 9.55 Å². The molecule has 2 aromatic carbocycles. The predicted octanol–water partition coefficient (Wildman–Crippen LogP) is 5.77. The van der Waals surface area contributed by atoms with Crippen molar-refractivity contribution in [3.8, 4) is 11.1 Å². The van der Waals surface area contributed by atoms with Gasteiger partial charge in [0.2, 0.25) is 0 Å². The highest BCUT2D eigenvalue weighted by molar-refractivity contribution is 7.99. The molecule has 0 N–H and O–H groups in total. The largest absolute Gasteiger partial charge is 0.328 e. The summed E-state index contributed by atoms with van der Waals surface area (Å²) in [5, 5.41) is 3.22. The molecule has 2 heterocycles. The van der Waals surface area contributed by atoms with E-state index in [1.165, 1.54) is 21.2 Å². The van der Waals surface area contributed by atoms with Crippen LogP contribution in [0.25, 0.3) is 33.1 Å². The molecule has 2 nitrogen and oxygen atoms in total. The van der Waals surface area contributed by atoms with Crippen molar-refractivity contribution in [3.05, 3.63) is 59.8 Å². The van der Waals surface area contributed by atoms with E-state index >= 15 is 0 Å². The summed E-state index contributed by atoms with van der Waals surface area (Å²) in [6.45, 7) is 0. The van der Waals surface area contributed by atoms with Crippen LogP contribution in [-0.2, 0) is 7.05 Å². The molecular formula is C19H15ClN2S. The third-order valence-corrected chi connectivity index (χ3v) is 5.31. The van der Waals surface area contributed by atoms with Crippen LogP contribution in [0.3, 0.4) is 0 Å². The predicted molar refractivity (Wildman–Crippen MR) is 100 cm³/mol. The monoisotopic (exact) mass is 338 g/mol. The first-order valence-electron chi connectivity index (χ1n) is 7.36. The first-order valence-corrected chi connectivity index (χ1v) is 8.97. The van der Waals surface area contributed by atoms with Crippen molar-refractivity contribution in [2.45, 2.75) is 4.90 Å². The SMILES string of the molecule is CSc1c(-c2ccc(Cl)cc2)cnc2c1c1ccccc1n2C. The van der Waals surface area contributed by atoms with E-state index in [9.17, 15) is 0 Å². The van der Waals surface area contributed by atoms with Gasteiger partial charge in [0.1, 0.15) is 5.65 Å². The maximum Gasteiger partial charge on any atom is 0.141 e. The first-order chi connectivity index (χ1) is 11.2. The summed E-state index contributed by atoms with van der Waals surface area (Å²) in [6.07, 6.45) is 4.09. The number of rotatable bonds is 2. The van der Waals surface area contributed by atoms with Gasteiger partial charge in [0.25, 0.3) is 0 Å². The fourth-order valence-corrected chi connectivity index (χ4v) is 4.04. The minimum absolute atomic E-state index is 0.749. The molecule has 0 aliphatic heterocycles. The topological polar surface area (TPSA) is 17.8 Å². The first kappa shape index (κ1) is 14.6. The standard InChI is InChI=1S/C19H15ClN2S/c1-22-16-6-4-3-5-14(16)17-18(23-2)15(11-21-19(17)22)12-7-9-13(20)10-8-12/h3-11H,1-2H3. The van der Waals surface area contributed by atoms with Crippen LogP contribution in [0.15, 0.2) is 59.6 Å². The Labute approximate surface area is 144 Å². The normalized spacial score (nSPS) is 11.4. The lowest BCUT2D eigenvalue weighted by molar-refractivity contribution is 0.988. The smallest absolute Gasteiger partial charge is 0.141 e. The fourth-order valence-electron chi connectivity index (χ4n) is 3.12. The van der Waals surface area contributed by atoms with Gasteiger partial charge < -0.3 is 4.57 Å². The number of pyridine rings is 1. The average Bonchev–Trinajstić information content (AvgIpc) is 2.88. The Morgan fingerprint density at radius 1 is 1.04 bits per heavy atom. The number of thioether (sulfide) groups is 1. The Bertz CT molecular complexity index is 1020. The maximum absolute atomic E-state index is 6.03. The molecular weight excluding hydrogens is 324 g/mol. The summed E-state index contributed by atoms with van der Waals surface area (Å²) in [5.41, 5.74) is 4.52. The molecule has 23 heavy (non-hydrogen) atoms. The highest BCUT2D eigenvalue weighted by Crippen LogP contribution is 2.40. The lowest BCUT2D eigenvalue weighted by Crippen LogP contribution is -1.91. The second-order valence-electron chi connectivity index (χ2n) is 5.49. The molecule has 0 saturated carbocycles. The van der Waals surface area contributed by atoms with Crippen LogP contribution in [0, 0.1) is 0 Å². The van der Waals surface area contributed by atoms with Gasteiger partial charge in [-0.3, -0.25) is 0 Å². The Hall–Kier alpha value is -1.97. The zero-order valence-electron chi connectivity index (χ0n) is 12.9. The van der Waals surface area contributed by atoms with Crippen LogP contribution in [0.2, 0.25) is 5.02 Å². The summed E-state index contributed by atoms with van der Waals surface area (Å²) >= 11 is 7.79. The molecule has 4 rings (SSSR count). The molecule has 0 saturated heterocycles. The number of para-hydroxylation sites is 1. The molecule has 0 fully saturated rings. The lowest BCUT2D eigenvalue weighted by atomic mass is 10.1. The fraction of sp³-hybridized carbons (Fsp3) is 0.105. The van der Waals surface area contributed by atoms with E-state index < -0.39 is 0 Å². The second kappa shape index (κ2) is 5.59. The van der Waals surface area contributed by atoms with Gasteiger partial charge in [0.15, 0.2) is 0 Å². The lowest BCUT2D eigenvalue weighted by Gasteiger charge is -2.09. The zero-order chi connectivity index (χ0) is 16.0. The molecule has 0 unspecified atom stereocenters. The molecule has 4 heteroatoms. The van der Waals surface area contributed by atoms with E-state index in [0.29, 0.717) is 0 Å². The number of halogens is 1. The highest BCUT2D eigenvalue weighted by atomic mass is 35.5. The summed E-state index contributed by atoms with van der Waals surface area (Å²) in [5.74, 6) is 0. The number of aromatic nitrogens is 2. The Morgan fingerprint density at radius 3 is 2.52 bits per heavy atom. The van der Waals surface area contributed by atoms with Gasteiger partial charge >= 0.3 is 0 Å². The van der Waals surface area contributed by atoms with E-state index in [4.69, 9.17) is 16.6 Å². The van der Waals surface area contributed by atoms with Crippen molar-refractivity contribution in [2.75, 3.05) is 6.26 Å². The maximum atomic E-state index is 6.03. The number of hydrogen-bond acceptors (Lipinski definition) is 2. The quantitative estimate of drug-likeness (QED) is 0.432. The summed E-state index contributed by atoms with van der Waals surface area (Å²) < 4.78 is 2.16. The summed E-state index contributed by atoms with van der Waals surface area (Å²) in [4.78, 5) is 6.00. The van der Waals surface area contributed by atoms with E-state index in [0.717, 1.165) is 21.8 Å². The van der Waals surface area contributed by atoms with Gasteiger partial charge in [-0.25, -0.2) is 4.98 Å². The third-order valence-electron chi connectivity index (χ3n) is 4.22. The van der Waals surface area contributed by atoms with Crippen LogP contribution in [0.5, 0.6) is 0 Å². The van der Waals surface area contributed by atoms with Crippen LogP contribution >= 0.6 is 23.4 Å². The van der Waals surface area contributed by atoms with Crippen molar-refractivity contribution >= 4 is 45.3 Å². The van der Waals surface area contributed by atoms with Crippen molar-refractivity contribution < 1.29 is 0 Å². The molecule has 0 aliphatic carbocycles. The number of benzene rings is 2. The third kappa shape index (κ3) is 2.23. The van der Waals surface area contributed by atoms with Gasteiger partial charge in [-0.2, -0.15) is 0 Å². The van der Waals surface area contributed by atoms with Gasteiger partial charge in [0, 0.05) is 39.5 Å². The molecule has 0 radical (unpaired) electrons. The summed E-state index contributed by atoms with van der Waals surface area (Å²) in [6, 6.07) is 16.4. The molecule has 114 valence electrons. The van der Waals surface area contributed by atoms with Crippen LogP contribution < -0.4 is 0 Å². The number of aryl methyl sites for hydroxylation is 1. The minimum atomic E-state index is 0.749. The molecule has 4 aromatic rings. The van der Waals surface area contributed by atoms with E-state index in [-0.39, 0.29) is 0 Å². The highest BCUT2D eigenvalue weighted by Gasteiger charge is 2.16. The van der Waals surface area contributed by atoms with Crippen LogP contribution in [0.4, 0.5) is 0 Å². The molecule has 0 amide bonds. The molecule has 0 bridgehead atoms. The summed E-state index contributed by atoms with van der Waals surface area (Å²) in [7, 11) is 2.07. The number of nitrogens with zero attached hydrogens (tertiary/aromatic N) is 2. The minimum Gasteiger partial charge on any atom is -0.328 e. The Morgan fingerprint density at radius 2 is 1.78 bits per heavy atom. The Kier molecular flexibility index (Phi) is 3.55. The molecule has 0 spiro atoms. The van der Waals surface area contributed by atoms with Gasteiger partial charge in [-0.15, -0.1) is 11.8 Å². The molecule has 0 aliphatic rings.